The smallest absolute Gasteiger partial charge is 0.101 e. The van der Waals surface area contributed by atoms with Crippen LogP contribution in [0.1, 0.15) is 18.4 Å². The molecule has 3 nitrogen and oxygen atoms in total. The maximum absolute atomic E-state index is 8.77. The molecule has 0 atom stereocenters. The standard InChI is InChI=1S/C14H15ClN2O/c1-10(4-5-11(2)18-3)17-13-7-6-12(9-16)14(15)8-13/h6-8,17H,1-2,4-5H2,3H3. The number of nitrogens with one attached hydrogen (secondary N) is 1. The highest BCUT2D eigenvalue weighted by Crippen LogP contribution is 2.22. The Morgan fingerprint density at radius 1 is 1.44 bits per heavy atom. The molecule has 0 aliphatic heterocycles. The Hall–Kier alpha value is -1.92. The molecule has 0 saturated heterocycles. The highest BCUT2D eigenvalue weighted by atomic mass is 35.5. The predicted octanol–water partition coefficient (Wildman–Crippen LogP) is 4.08. The van der Waals surface area contributed by atoms with Crippen molar-refractivity contribution in [1.29, 1.82) is 5.26 Å². The molecule has 1 N–H and O–H groups in total. The SMILES string of the molecule is C=C(CCC(=C)OC)Nc1ccc(C#N)c(Cl)c1. The van der Waals surface area contributed by atoms with Crippen LogP contribution in [-0.2, 0) is 4.74 Å². The highest BCUT2D eigenvalue weighted by molar-refractivity contribution is 6.32. The molecule has 0 radical (unpaired) electrons. The van der Waals surface area contributed by atoms with E-state index in [1.807, 2.05) is 6.07 Å². The van der Waals surface area contributed by atoms with Crippen molar-refractivity contribution >= 4 is 17.3 Å². The van der Waals surface area contributed by atoms with Gasteiger partial charge in [-0.15, -0.1) is 0 Å². The Morgan fingerprint density at radius 2 is 2.17 bits per heavy atom. The summed E-state index contributed by atoms with van der Waals surface area (Å²) in [6.07, 6.45) is 1.44. The molecule has 0 amide bonds. The van der Waals surface area contributed by atoms with Crippen molar-refractivity contribution in [3.05, 3.63) is 53.4 Å². The van der Waals surface area contributed by atoms with E-state index < -0.39 is 0 Å². The number of hydrogen-bond donors (Lipinski definition) is 1. The summed E-state index contributed by atoms with van der Waals surface area (Å²) in [5, 5.41) is 12.3. The van der Waals surface area contributed by atoms with Crippen molar-refractivity contribution in [2.45, 2.75) is 12.8 Å². The first-order valence-corrected chi connectivity index (χ1v) is 5.81. The predicted molar refractivity (Wildman–Crippen MR) is 74.3 cm³/mol. The van der Waals surface area contributed by atoms with Crippen LogP contribution in [0.25, 0.3) is 0 Å². The minimum atomic E-state index is 0.427. The Morgan fingerprint density at radius 3 is 2.72 bits per heavy atom. The van der Waals surface area contributed by atoms with Gasteiger partial charge in [-0.1, -0.05) is 24.8 Å². The van der Waals surface area contributed by atoms with Crippen LogP contribution < -0.4 is 5.32 Å². The van der Waals surface area contributed by atoms with Crippen LogP contribution in [-0.4, -0.2) is 7.11 Å². The van der Waals surface area contributed by atoms with Crippen LogP contribution in [0.15, 0.2) is 42.8 Å². The molecule has 18 heavy (non-hydrogen) atoms. The normalized spacial score (nSPS) is 9.39. The molecule has 0 fully saturated rings. The van der Waals surface area contributed by atoms with E-state index in [0.717, 1.165) is 23.6 Å². The lowest BCUT2D eigenvalue weighted by Crippen LogP contribution is -1.99. The Labute approximate surface area is 112 Å². The number of halogens is 1. The lowest BCUT2D eigenvalue weighted by atomic mass is 10.2. The van der Waals surface area contributed by atoms with Crippen molar-refractivity contribution in [2.24, 2.45) is 0 Å². The zero-order valence-corrected chi connectivity index (χ0v) is 11.0. The van der Waals surface area contributed by atoms with E-state index in [9.17, 15) is 0 Å². The molecule has 0 heterocycles. The summed E-state index contributed by atoms with van der Waals surface area (Å²) < 4.78 is 4.98. The Bertz CT molecular complexity index is 503. The van der Waals surface area contributed by atoms with E-state index in [2.05, 4.69) is 18.5 Å². The first-order valence-electron chi connectivity index (χ1n) is 5.43. The lowest BCUT2D eigenvalue weighted by Gasteiger charge is -2.11. The first-order chi connectivity index (χ1) is 8.56. The summed E-state index contributed by atoms with van der Waals surface area (Å²) in [6, 6.07) is 7.18. The molecule has 0 aliphatic rings. The second-order valence-corrected chi connectivity index (χ2v) is 4.18. The Balaban J connectivity index is 2.58. The van der Waals surface area contributed by atoms with Gasteiger partial charge in [-0.2, -0.15) is 5.26 Å². The van der Waals surface area contributed by atoms with Crippen molar-refractivity contribution in [2.75, 3.05) is 12.4 Å². The molecule has 0 saturated carbocycles. The molecule has 0 bridgehead atoms. The minimum absolute atomic E-state index is 0.427. The van der Waals surface area contributed by atoms with Crippen LogP contribution in [0, 0.1) is 11.3 Å². The van der Waals surface area contributed by atoms with Gasteiger partial charge in [0.2, 0.25) is 0 Å². The molecule has 1 aromatic rings. The van der Waals surface area contributed by atoms with Crippen molar-refractivity contribution < 1.29 is 4.74 Å². The second kappa shape index (κ2) is 6.73. The average Bonchev–Trinajstić information content (AvgIpc) is 2.36. The van der Waals surface area contributed by atoms with Gasteiger partial charge in [-0.05, 0) is 24.6 Å². The maximum atomic E-state index is 8.77. The topological polar surface area (TPSA) is 45.0 Å². The number of methoxy groups -OCH3 is 1. The van der Waals surface area contributed by atoms with E-state index in [-0.39, 0.29) is 0 Å². The van der Waals surface area contributed by atoms with Gasteiger partial charge in [0.05, 0.1) is 23.5 Å². The van der Waals surface area contributed by atoms with Crippen LogP contribution in [0.2, 0.25) is 5.02 Å². The number of ether oxygens (including phenoxy) is 1. The first kappa shape index (κ1) is 14.1. The van der Waals surface area contributed by atoms with E-state index >= 15 is 0 Å². The molecular formula is C14H15ClN2O. The Kier molecular flexibility index (Phi) is 5.29. The zero-order chi connectivity index (χ0) is 13.5. The summed E-state index contributed by atoms with van der Waals surface area (Å²) in [6.45, 7) is 7.65. The van der Waals surface area contributed by atoms with Gasteiger partial charge in [-0.25, -0.2) is 0 Å². The third-order valence-corrected chi connectivity index (χ3v) is 2.72. The van der Waals surface area contributed by atoms with Gasteiger partial charge in [0.25, 0.3) is 0 Å². The van der Waals surface area contributed by atoms with Gasteiger partial charge in [-0.3, -0.25) is 0 Å². The number of rotatable bonds is 6. The quantitative estimate of drug-likeness (QED) is 0.786. The summed E-state index contributed by atoms with van der Waals surface area (Å²) in [5.74, 6) is 0.718. The minimum Gasteiger partial charge on any atom is -0.502 e. The van der Waals surface area contributed by atoms with E-state index in [4.69, 9.17) is 21.6 Å². The van der Waals surface area contributed by atoms with E-state index in [1.165, 1.54) is 0 Å². The molecule has 94 valence electrons. The monoisotopic (exact) mass is 262 g/mol. The lowest BCUT2D eigenvalue weighted by molar-refractivity contribution is 0.279. The summed E-state index contributed by atoms with van der Waals surface area (Å²) in [5.41, 5.74) is 2.11. The number of nitriles is 1. The van der Waals surface area contributed by atoms with Crippen LogP contribution in [0.3, 0.4) is 0 Å². The van der Waals surface area contributed by atoms with Crippen LogP contribution >= 0.6 is 11.6 Å². The van der Waals surface area contributed by atoms with E-state index in [1.54, 1.807) is 25.3 Å². The number of benzene rings is 1. The van der Waals surface area contributed by atoms with E-state index in [0.29, 0.717) is 17.0 Å². The van der Waals surface area contributed by atoms with Crippen molar-refractivity contribution in [3.63, 3.8) is 0 Å². The van der Waals surface area contributed by atoms with Gasteiger partial charge < -0.3 is 10.1 Å². The summed E-state index contributed by atoms with van der Waals surface area (Å²) in [4.78, 5) is 0. The molecule has 0 aliphatic carbocycles. The number of allylic oxidation sites excluding steroid dienone is 2. The largest absolute Gasteiger partial charge is 0.502 e. The summed E-state index contributed by atoms with van der Waals surface area (Å²) in [7, 11) is 1.60. The molecule has 0 aromatic heterocycles. The molecule has 0 unspecified atom stereocenters. The molecule has 1 aromatic carbocycles. The fourth-order valence-corrected chi connectivity index (χ4v) is 1.57. The van der Waals surface area contributed by atoms with Gasteiger partial charge in [0, 0.05) is 17.8 Å². The fourth-order valence-electron chi connectivity index (χ4n) is 1.34. The third kappa shape index (κ3) is 4.15. The molecule has 0 spiro atoms. The summed E-state index contributed by atoms with van der Waals surface area (Å²) >= 11 is 5.94. The molecule has 1 rings (SSSR count). The van der Waals surface area contributed by atoms with Crippen molar-refractivity contribution in [1.82, 2.24) is 0 Å². The number of anilines is 1. The van der Waals surface area contributed by atoms with Crippen molar-refractivity contribution in [3.8, 4) is 6.07 Å². The van der Waals surface area contributed by atoms with Gasteiger partial charge in [0.15, 0.2) is 0 Å². The highest BCUT2D eigenvalue weighted by Gasteiger charge is 2.02. The molecule has 4 heteroatoms. The average molecular weight is 263 g/mol. The third-order valence-electron chi connectivity index (χ3n) is 2.40. The fraction of sp³-hybridized carbons (Fsp3) is 0.214. The number of nitrogens with zero attached hydrogens (tertiary/aromatic N) is 1. The zero-order valence-electron chi connectivity index (χ0n) is 10.3. The van der Waals surface area contributed by atoms with Gasteiger partial charge >= 0.3 is 0 Å². The van der Waals surface area contributed by atoms with Gasteiger partial charge in [0.1, 0.15) is 6.07 Å². The maximum Gasteiger partial charge on any atom is 0.101 e. The molecular weight excluding hydrogens is 248 g/mol. The number of hydrogen-bond acceptors (Lipinski definition) is 3. The van der Waals surface area contributed by atoms with Crippen LogP contribution in [0.4, 0.5) is 5.69 Å². The van der Waals surface area contributed by atoms with Crippen LogP contribution in [0.5, 0.6) is 0 Å². The second-order valence-electron chi connectivity index (χ2n) is 3.78.